The van der Waals surface area contributed by atoms with Crippen LogP contribution in [0.5, 0.6) is 0 Å². The number of ether oxygens (including phenoxy) is 1. The highest BCUT2D eigenvalue weighted by molar-refractivity contribution is 6.31. The summed E-state index contributed by atoms with van der Waals surface area (Å²) in [6, 6.07) is 1.50. The van der Waals surface area contributed by atoms with E-state index in [4.69, 9.17) is 11.6 Å². The van der Waals surface area contributed by atoms with E-state index in [0.29, 0.717) is 10.3 Å². The number of pyridine rings is 1. The maximum absolute atomic E-state index is 11.1. The van der Waals surface area contributed by atoms with Crippen LogP contribution in [0.25, 0.3) is 0 Å². The molecule has 4 nitrogen and oxygen atoms in total. The molecule has 70 valence electrons. The van der Waals surface area contributed by atoms with Crippen molar-refractivity contribution in [2.45, 2.75) is 6.92 Å². The zero-order chi connectivity index (χ0) is 10.0. The molecule has 5 heteroatoms. The lowest BCUT2D eigenvalue weighted by Crippen LogP contribution is -2.30. The smallest absolute Gasteiger partial charge is 0.345 e. The fourth-order valence-electron chi connectivity index (χ4n) is 0.938. The highest BCUT2D eigenvalue weighted by atomic mass is 35.5. The maximum Gasteiger partial charge on any atom is 0.345 e. The molecule has 0 atom stereocenters. The van der Waals surface area contributed by atoms with Gasteiger partial charge in [0.2, 0.25) is 0 Å². The van der Waals surface area contributed by atoms with Crippen LogP contribution >= 0.6 is 11.6 Å². The molecule has 0 spiro atoms. The van der Waals surface area contributed by atoms with Gasteiger partial charge in [0.25, 0.3) is 0 Å². The first-order valence-corrected chi connectivity index (χ1v) is 3.91. The summed E-state index contributed by atoms with van der Waals surface area (Å²) in [5.41, 5.74) is 0.735. The van der Waals surface area contributed by atoms with Crippen molar-refractivity contribution in [3.8, 4) is 0 Å². The molecule has 1 heterocycles. The molecule has 0 fully saturated rings. The van der Waals surface area contributed by atoms with E-state index in [2.05, 4.69) is 4.74 Å². The second kappa shape index (κ2) is 3.62. The van der Waals surface area contributed by atoms with Gasteiger partial charge in [-0.05, 0) is 24.6 Å². The van der Waals surface area contributed by atoms with E-state index >= 15 is 0 Å². The summed E-state index contributed by atoms with van der Waals surface area (Å²) in [7, 11) is 1.23. The zero-order valence-corrected chi connectivity index (χ0v) is 7.96. The number of hydrogen-bond acceptors (Lipinski definition) is 3. The SMILES string of the molecule is COC(=O)c1cc(C)c[n+]([O-])c1Cl. The van der Waals surface area contributed by atoms with Gasteiger partial charge in [0.05, 0.1) is 7.11 Å². The lowest BCUT2D eigenvalue weighted by molar-refractivity contribution is -0.603. The number of esters is 1. The number of halogens is 1. The van der Waals surface area contributed by atoms with Crippen LogP contribution < -0.4 is 4.73 Å². The van der Waals surface area contributed by atoms with E-state index in [9.17, 15) is 10.0 Å². The summed E-state index contributed by atoms with van der Waals surface area (Å²) in [6.45, 7) is 1.69. The van der Waals surface area contributed by atoms with E-state index in [1.165, 1.54) is 19.4 Å². The van der Waals surface area contributed by atoms with E-state index < -0.39 is 5.97 Å². The minimum atomic E-state index is -0.613. The number of carbonyl (C=O) groups excluding carboxylic acids is 1. The number of aromatic nitrogens is 1. The molecule has 0 amide bonds. The van der Waals surface area contributed by atoms with Crippen LogP contribution in [0, 0.1) is 12.1 Å². The molecule has 0 unspecified atom stereocenters. The number of nitrogens with zero attached hydrogens (tertiary/aromatic N) is 1. The van der Waals surface area contributed by atoms with Crippen LogP contribution in [0.2, 0.25) is 5.15 Å². The lowest BCUT2D eigenvalue weighted by Gasteiger charge is -2.04. The number of methoxy groups -OCH3 is 1. The maximum atomic E-state index is 11.1. The van der Waals surface area contributed by atoms with Crippen molar-refractivity contribution >= 4 is 17.6 Å². The van der Waals surface area contributed by atoms with Crippen LogP contribution in [0.1, 0.15) is 15.9 Å². The van der Waals surface area contributed by atoms with E-state index in [1.54, 1.807) is 6.92 Å². The van der Waals surface area contributed by atoms with Gasteiger partial charge in [-0.3, -0.25) is 0 Å². The van der Waals surface area contributed by atoms with Gasteiger partial charge in [-0.2, -0.15) is 4.73 Å². The Morgan fingerprint density at radius 1 is 1.69 bits per heavy atom. The van der Waals surface area contributed by atoms with Crippen molar-refractivity contribution in [2.24, 2.45) is 0 Å². The Balaban J connectivity index is 3.28. The number of rotatable bonds is 1. The van der Waals surface area contributed by atoms with E-state index in [0.717, 1.165) is 0 Å². The summed E-state index contributed by atoms with van der Waals surface area (Å²) in [6.07, 6.45) is 1.29. The Morgan fingerprint density at radius 3 is 2.85 bits per heavy atom. The fourth-order valence-corrected chi connectivity index (χ4v) is 1.12. The molecule has 0 aliphatic carbocycles. The molecule has 1 rings (SSSR count). The molecular weight excluding hydrogens is 194 g/mol. The van der Waals surface area contributed by atoms with Crippen molar-refractivity contribution < 1.29 is 14.3 Å². The normalized spacial score (nSPS) is 9.77. The topological polar surface area (TPSA) is 53.2 Å². The summed E-state index contributed by atoms with van der Waals surface area (Å²) < 4.78 is 4.89. The molecule has 0 radical (unpaired) electrons. The summed E-state index contributed by atoms with van der Waals surface area (Å²) in [5.74, 6) is -0.613. The van der Waals surface area contributed by atoms with Gasteiger partial charge in [-0.15, -0.1) is 0 Å². The van der Waals surface area contributed by atoms with Crippen LogP contribution in [0.4, 0.5) is 0 Å². The van der Waals surface area contributed by atoms with Gasteiger partial charge < -0.3 is 9.94 Å². The second-order valence-electron chi connectivity index (χ2n) is 2.54. The molecule has 0 N–H and O–H groups in total. The Labute approximate surface area is 80.3 Å². The Bertz CT molecular complexity index is 351. The summed E-state index contributed by atoms with van der Waals surface area (Å²) >= 11 is 5.59. The van der Waals surface area contributed by atoms with Gasteiger partial charge in [0, 0.05) is 5.56 Å². The van der Waals surface area contributed by atoms with Crippen molar-refractivity contribution in [1.29, 1.82) is 0 Å². The fraction of sp³-hybridized carbons (Fsp3) is 0.250. The van der Waals surface area contributed by atoms with Crippen molar-refractivity contribution in [1.82, 2.24) is 0 Å². The average Bonchev–Trinajstić information content (AvgIpc) is 2.10. The largest absolute Gasteiger partial charge is 0.618 e. The highest BCUT2D eigenvalue weighted by Crippen LogP contribution is 2.12. The minimum absolute atomic E-state index is 0.0826. The van der Waals surface area contributed by atoms with Crippen molar-refractivity contribution in [3.05, 3.63) is 33.8 Å². The average molecular weight is 202 g/mol. The van der Waals surface area contributed by atoms with Crippen molar-refractivity contribution in [3.63, 3.8) is 0 Å². The third-order valence-electron chi connectivity index (χ3n) is 1.51. The molecule has 1 aromatic rings. The van der Waals surface area contributed by atoms with Gasteiger partial charge in [-0.25, -0.2) is 4.79 Å². The van der Waals surface area contributed by atoms with Gasteiger partial charge in [0.1, 0.15) is 5.56 Å². The number of carbonyl (C=O) groups is 1. The Kier molecular flexibility index (Phi) is 2.72. The molecule has 1 aromatic heterocycles. The Morgan fingerprint density at radius 2 is 2.31 bits per heavy atom. The first kappa shape index (κ1) is 9.80. The van der Waals surface area contributed by atoms with Crippen LogP contribution in [0.3, 0.4) is 0 Å². The quantitative estimate of drug-likeness (QED) is 0.296. The number of hydrogen-bond donors (Lipinski definition) is 0. The predicted octanol–water partition coefficient (Wildman–Crippen LogP) is 1.07. The van der Waals surface area contributed by atoms with Crippen LogP contribution in [-0.4, -0.2) is 13.1 Å². The molecule has 0 saturated heterocycles. The van der Waals surface area contributed by atoms with Crippen LogP contribution in [0.15, 0.2) is 12.3 Å². The molecular formula is C8H8ClNO3. The molecule has 13 heavy (non-hydrogen) atoms. The third-order valence-corrected chi connectivity index (χ3v) is 1.88. The minimum Gasteiger partial charge on any atom is -0.618 e. The summed E-state index contributed by atoms with van der Waals surface area (Å²) in [5, 5.41) is 10.9. The standard InChI is InChI=1S/C8H8ClNO3/c1-5-3-6(8(11)13-2)7(9)10(12)4-5/h3-4H,1-2H3. The van der Waals surface area contributed by atoms with Crippen molar-refractivity contribution in [2.75, 3.05) is 7.11 Å². The van der Waals surface area contributed by atoms with Gasteiger partial charge in [-0.1, -0.05) is 0 Å². The third kappa shape index (κ3) is 1.89. The highest BCUT2D eigenvalue weighted by Gasteiger charge is 2.18. The molecule has 0 aliphatic heterocycles. The Hall–Kier alpha value is -1.29. The van der Waals surface area contributed by atoms with E-state index in [-0.39, 0.29) is 10.7 Å². The van der Waals surface area contributed by atoms with E-state index in [1.807, 2.05) is 0 Å². The lowest BCUT2D eigenvalue weighted by atomic mass is 10.2. The van der Waals surface area contributed by atoms with Gasteiger partial charge >= 0.3 is 11.1 Å². The summed E-state index contributed by atoms with van der Waals surface area (Å²) in [4.78, 5) is 11.1. The van der Waals surface area contributed by atoms with Gasteiger partial charge in [0.15, 0.2) is 6.20 Å². The second-order valence-corrected chi connectivity index (χ2v) is 2.90. The molecule has 0 aliphatic rings. The molecule has 0 saturated carbocycles. The molecule has 0 bridgehead atoms. The number of aryl methyl sites for hydroxylation is 1. The first-order valence-electron chi connectivity index (χ1n) is 3.54. The monoisotopic (exact) mass is 201 g/mol. The zero-order valence-electron chi connectivity index (χ0n) is 7.20. The predicted molar refractivity (Wildman–Crippen MR) is 46.5 cm³/mol. The van der Waals surface area contributed by atoms with Crippen LogP contribution in [-0.2, 0) is 4.74 Å². The molecule has 0 aromatic carbocycles. The first-order chi connectivity index (χ1) is 6.06.